The Bertz CT molecular complexity index is 475. The molecule has 0 aliphatic heterocycles. The third-order valence-electron chi connectivity index (χ3n) is 2.67. The van der Waals surface area contributed by atoms with E-state index in [0.29, 0.717) is 0 Å². The summed E-state index contributed by atoms with van der Waals surface area (Å²) in [7, 11) is 4.08. The van der Waals surface area contributed by atoms with Gasteiger partial charge in [0.25, 0.3) is 0 Å². The van der Waals surface area contributed by atoms with E-state index in [0.717, 1.165) is 11.6 Å². The Kier molecular flexibility index (Phi) is 3.64. The molecular formula is C14H16ClN2+. The molecule has 1 aromatic heterocycles. The van der Waals surface area contributed by atoms with Crippen LogP contribution in [0, 0.1) is 0 Å². The van der Waals surface area contributed by atoms with Crippen LogP contribution in [0.2, 0.25) is 5.02 Å². The van der Waals surface area contributed by atoms with E-state index in [1.807, 2.05) is 26.2 Å². The lowest BCUT2D eigenvalue weighted by molar-refractivity contribution is -0.688. The maximum Gasteiger partial charge on any atom is 0.173 e. The molecule has 0 aliphatic rings. The van der Waals surface area contributed by atoms with Crippen LogP contribution >= 0.6 is 11.6 Å². The second-order valence-corrected chi connectivity index (χ2v) is 4.69. The highest BCUT2D eigenvalue weighted by Gasteiger charge is 2.03. The average molecular weight is 248 g/mol. The lowest BCUT2D eigenvalue weighted by Crippen LogP contribution is -2.33. The van der Waals surface area contributed by atoms with Crippen LogP contribution in [0.25, 0.3) is 0 Å². The molecule has 0 spiro atoms. The molecule has 3 heteroatoms. The highest BCUT2D eigenvalue weighted by atomic mass is 35.5. The maximum atomic E-state index is 5.86. The Morgan fingerprint density at radius 3 is 2.12 bits per heavy atom. The fraction of sp³-hybridized carbons (Fsp3) is 0.214. The summed E-state index contributed by atoms with van der Waals surface area (Å²) >= 11 is 5.86. The highest BCUT2D eigenvalue weighted by molar-refractivity contribution is 6.30. The summed E-state index contributed by atoms with van der Waals surface area (Å²) in [5, 5.41) is 0.779. The van der Waals surface area contributed by atoms with Crippen molar-refractivity contribution in [2.24, 2.45) is 0 Å². The van der Waals surface area contributed by atoms with Gasteiger partial charge in [0, 0.05) is 42.5 Å². The van der Waals surface area contributed by atoms with Gasteiger partial charge in [0.05, 0.1) is 0 Å². The van der Waals surface area contributed by atoms with E-state index in [9.17, 15) is 0 Å². The molecule has 0 saturated carbocycles. The van der Waals surface area contributed by atoms with Crippen molar-refractivity contribution in [1.29, 1.82) is 0 Å². The molecule has 88 valence electrons. The highest BCUT2D eigenvalue weighted by Crippen LogP contribution is 2.10. The van der Waals surface area contributed by atoms with Crippen LogP contribution in [-0.2, 0) is 6.54 Å². The van der Waals surface area contributed by atoms with Gasteiger partial charge >= 0.3 is 0 Å². The first-order valence-electron chi connectivity index (χ1n) is 5.56. The number of hydrogen-bond acceptors (Lipinski definition) is 1. The van der Waals surface area contributed by atoms with Crippen LogP contribution in [0.5, 0.6) is 0 Å². The zero-order chi connectivity index (χ0) is 12.3. The zero-order valence-electron chi connectivity index (χ0n) is 10.1. The fourth-order valence-corrected chi connectivity index (χ4v) is 1.78. The van der Waals surface area contributed by atoms with Crippen molar-refractivity contribution in [3.63, 3.8) is 0 Å². The largest absolute Gasteiger partial charge is 0.377 e. The summed E-state index contributed by atoms with van der Waals surface area (Å²) in [6, 6.07) is 12.2. The summed E-state index contributed by atoms with van der Waals surface area (Å²) in [5.41, 5.74) is 2.45. The number of halogens is 1. The zero-order valence-corrected chi connectivity index (χ0v) is 10.9. The van der Waals surface area contributed by atoms with E-state index >= 15 is 0 Å². The van der Waals surface area contributed by atoms with Gasteiger partial charge in [-0.1, -0.05) is 23.7 Å². The summed E-state index contributed by atoms with van der Waals surface area (Å²) in [6.07, 6.45) is 4.17. The molecule has 0 saturated heterocycles. The minimum absolute atomic E-state index is 0.779. The van der Waals surface area contributed by atoms with Crippen molar-refractivity contribution < 1.29 is 4.57 Å². The number of pyridine rings is 1. The molecular weight excluding hydrogens is 232 g/mol. The lowest BCUT2D eigenvalue weighted by atomic mass is 10.2. The summed E-state index contributed by atoms with van der Waals surface area (Å²) in [4.78, 5) is 2.09. The first kappa shape index (κ1) is 11.9. The van der Waals surface area contributed by atoms with Crippen LogP contribution in [0.4, 0.5) is 5.69 Å². The van der Waals surface area contributed by atoms with Crippen molar-refractivity contribution in [1.82, 2.24) is 0 Å². The molecule has 0 unspecified atom stereocenters. The molecule has 0 bridgehead atoms. The van der Waals surface area contributed by atoms with Crippen molar-refractivity contribution >= 4 is 17.3 Å². The third-order valence-corrected chi connectivity index (χ3v) is 2.92. The Labute approximate surface area is 107 Å². The van der Waals surface area contributed by atoms with Crippen molar-refractivity contribution in [3.05, 3.63) is 59.4 Å². The number of aromatic nitrogens is 1. The molecule has 2 aromatic rings. The number of benzene rings is 1. The Morgan fingerprint density at radius 2 is 1.59 bits per heavy atom. The van der Waals surface area contributed by atoms with Crippen LogP contribution in [0.15, 0.2) is 48.8 Å². The monoisotopic (exact) mass is 247 g/mol. The molecule has 0 fully saturated rings. The SMILES string of the molecule is CN(C)c1cc[n+](Cc2ccc(Cl)cc2)cc1. The average Bonchev–Trinajstić information content (AvgIpc) is 2.33. The number of hydrogen-bond donors (Lipinski definition) is 0. The molecule has 0 aliphatic carbocycles. The maximum absolute atomic E-state index is 5.86. The molecule has 1 aromatic carbocycles. The summed E-state index contributed by atoms with van der Waals surface area (Å²) in [5.74, 6) is 0. The van der Waals surface area contributed by atoms with Crippen molar-refractivity contribution in [2.75, 3.05) is 19.0 Å². The molecule has 1 heterocycles. The van der Waals surface area contributed by atoms with Gasteiger partial charge in [-0.25, -0.2) is 4.57 Å². The van der Waals surface area contributed by atoms with Crippen molar-refractivity contribution in [3.8, 4) is 0 Å². The molecule has 17 heavy (non-hydrogen) atoms. The second-order valence-electron chi connectivity index (χ2n) is 4.25. The van der Waals surface area contributed by atoms with E-state index in [1.165, 1.54) is 11.3 Å². The van der Waals surface area contributed by atoms with Crippen LogP contribution < -0.4 is 9.47 Å². The van der Waals surface area contributed by atoms with Crippen molar-refractivity contribution in [2.45, 2.75) is 6.54 Å². The third kappa shape index (κ3) is 3.21. The van der Waals surface area contributed by atoms with Crippen LogP contribution in [0.1, 0.15) is 5.56 Å². The van der Waals surface area contributed by atoms with E-state index in [4.69, 9.17) is 11.6 Å². The lowest BCUT2D eigenvalue weighted by Gasteiger charge is -2.10. The molecule has 2 nitrogen and oxygen atoms in total. The second kappa shape index (κ2) is 5.19. The summed E-state index contributed by atoms with van der Waals surface area (Å²) < 4.78 is 2.15. The Morgan fingerprint density at radius 1 is 1.00 bits per heavy atom. The molecule has 0 amide bonds. The van der Waals surface area contributed by atoms with E-state index in [2.05, 4.69) is 46.1 Å². The van der Waals surface area contributed by atoms with E-state index < -0.39 is 0 Å². The van der Waals surface area contributed by atoms with E-state index in [-0.39, 0.29) is 0 Å². The smallest absolute Gasteiger partial charge is 0.173 e. The van der Waals surface area contributed by atoms with Gasteiger partial charge in [-0.3, -0.25) is 0 Å². The van der Waals surface area contributed by atoms with Crippen LogP contribution in [-0.4, -0.2) is 14.1 Å². The van der Waals surface area contributed by atoms with Gasteiger partial charge in [0.1, 0.15) is 0 Å². The van der Waals surface area contributed by atoms with Gasteiger partial charge in [0.15, 0.2) is 18.9 Å². The number of nitrogens with zero attached hydrogens (tertiary/aromatic N) is 2. The molecule has 0 atom stereocenters. The molecule has 2 rings (SSSR count). The normalized spacial score (nSPS) is 10.3. The molecule has 0 N–H and O–H groups in total. The van der Waals surface area contributed by atoms with E-state index in [1.54, 1.807) is 0 Å². The van der Waals surface area contributed by atoms with Gasteiger partial charge in [-0.15, -0.1) is 0 Å². The topological polar surface area (TPSA) is 7.12 Å². The summed E-state index contributed by atoms with van der Waals surface area (Å²) in [6.45, 7) is 0.866. The minimum Gasteiger partial charge on any atom is -0.377 e. The van der Waals surface area contributed by atoms with Gasteiger partial charge in [-0.05, 0) is 12.1 Å². The number of anilines is 1. The molecule has 0 radical (unpaired) electrons. The van der Waals surface area contributed by atoms with Gasteiger partial charge < -0.3 is 4.90 Å². The van der Waals surface area contributed by atoms with Gasteiger partial charge in [-0.2, -0.15) is 0 Å². The predicted molar refractivity (Wildman–Crippen MR) is 71.5 cm³/mol. The predicted octanol–water partition coefficient (Wildman–Crippen LogP) is 2.74. The minimum atomic E-state index is 0.779. The van der Waals surface area contributed by atoms with Crippen LogP contribution in [0.3, 0.4) is 0 Å². The Balaban J connectivity index is 2.11. The Hall–Kier alpha value is -1.54. The first-order valence-corrected chi connectivity index (χ1v) is 5.94. The first-order chi connectivity index (χ1) is 8.15. The van der Waals surface area contributed by atoms with Gasteiger partial charge in [0.2, 0.25) is 0 Å². The number of rotatable bonds is 3. The fourth-order valence-electron chi connectivity index (χ4n) is 1.65. The standard InChI is InChI=1S/C14H16ClN2/c1-16(2)14-7-9-17(10-8-14)11-12-3-5-13(15)6-4-12/h3-10H,11H2,1-2H3/q+1. The quantitative estimate of drug-likeness (QED) is 0.757.